The van der Waals surface area contributed by atoms with Crippen LogP contribution in [0, 0.1) is 0 Å². The largest absolute Gasteiger partial charge is 0.248 e. The molecule has 0 nitrogen and oxygen atoms in total. The molecule has 1 fully saturated rings. The van der Waals surface area contributed by atoms with E-state index in [0.717, 1.165) is 6.42 Å². The number of hydrogen-bond acceptors (Lipinski definition) is 0. The normalized spacial score (nSPS) is 33.3. The lowest BCUT2D eigenvalue weighted by Crippen LogP contribution is -2.13. The molecule has 1 aliphatic rings. The van der Waals surface area contributed by atoms with Crippen LogP contribution in [0.2, 0.25) is 0 Å². The first kappa shape index (κ1) is 8.44. The highest BCUT2D eigenvalue weighted by Crippen LogP contribution is 2.33. The van der Waals surface area contributed by atoms with Crippen molar-refractivity contribution in [2.45, 2.75) is 42.9 Å². The van der Waals surface area contributed by atoms with Gasteiger partial charge >= 0.3 is 0 Å². The molecule has 0 bridgehead atoms. The fourth-order valence-electron chi connectivity index (χ4n) is 1.22. The van der Waals surface area contributed by atoms with Crippen LogP contribution < -0.4 is 0 Å². The summed E-state index contributed by atoms with van der Waals surface area (Å²) < 4.78 is 25.2. The van der Waals surface area contributed by atoms with Crippen molar-refractivity contribution in [1.82, 2.24) is 0 Å². The van der Waals surface area contributed by atoms with Crippen molar-refractivity contribution in [1.29, 1.82) is 0 Å². The Kier molecular flexibility index (Phi) is 2.67. The molecule has 0 spiro atoms. The minimum Gasteiger partial charge on any atom is -0.207 e. The molecular weight excluding hydrogens is 202 g/mol. The van der Waals surface area contributed by atoms with Crippen molar-refractivity contribution in [2.75, 3.05) is 0 Å². The van der Waals surface area contributed by atoms with Crippen LogP contribution in [0.15, 0.2) is 0 Å². The van der Waals surface area contributed by atoms with Crippen LogP contribution in [0.25, 0.3) is 0 Å². The number of rotatable bonds is 0. The topological polar surface area (TPSA) is 0 Å². The van der Waals surface area contributed by atoms with E-state index in [1.807, 2.05) is 0 Å². The molecule has 0 aromatic carbocycles. The summed E-state index contributed by atoms with van der Waals surface area (Å²) in [7, 11) is 0. The van der Waals surface area contributed by atoms with E-state index in [1.54, 1.807) is 0 Å². The molecule has 1 unspecified atom stereocenters. The van der Waals surface area contributed by atoms with Crippen molar-refractivity contribution in [3.8, 4) is 0 Å². The van der Waals surface area contributed by atoms with Crippen LogP contribution in [0.1, 0.15) is 32.1 Å². The molecule has 10 heavy (non-hydrogen) atoms. The Hall–Kier alpha value is 0.340. The van der Waals surface area contributed by atoms with Crippen LogP contribution in [0.4, 0.5) is 8.78 Å². The van der Waals surface area contributed by atoms with Crippen LogP contribution in [0.5, 0.6) is 0 Å². The van der Waals surface area contributed by atoms with Gasteiger partial charge in [0.25, 0.3) is 0 Å². The van der Waals surface area contributed by atoms with Gasteiger partial charge in [-0.2, -0.15) is 0 Å². The minimum absolute atomic E-state index is 0.0584. The fraction of sp³-hybridized carbons (Fsp3) is 1.00. The number of hydrogen-bond donors (Lipinski definition) is 0. The van der Waals surface area contributed by atoms with Crippen molar-refractivity contribution < 1.29 is 8.78 Å². The van der Waals surface area contributed by atoms with Crippen molar-refractivity contribution in [2.24, 2.45) is 0 Å². The maximum atomic E-state index is 12.6. The Balaban J connectivity index is 2.41. The maximum Gasteiger partial charge on any atom is 0.248 e. The van der Waals surface area contributed by atoms with Crippen LogP contribution in [0.3, 0.4) is 0 Å². The molecule has 0 radical (unpaired) electrons. The highest BCUT2D eigenvalue weighted by Gasteiger charge is 2.31. The summed E-state index contributed by atoms with van der Waals surface area (Å²) in [6, 6.07) is 0. The van der Waals surface area contributed by atoms with Gasteiger partial charge in [-0.3, -0.25) is 0 Å². The van der Waals surface area contributed by atoms with Crippen LogP contribution in [-0.4, -0.2) is 10.7 Å². The van der Waals surface area contributed by atoms with Gasteiger partial charge in [-0.1, -0.05) is 15.9 Å². The molecule has 1 saturated carbocycles. The van der Waals surface area contributed by atoms with Gasteiger partial charge < -0.3 is 0 Å². The van der Waals surface area contributed by atoms with Gasteiger partial charge in [0.1, 0.15) is 0 Å². The number of halogens is 3. The predicted molar refractivity (Wildman–Crippen MR) is 40.7 cm³/mol. The van der Waals surface area contributed by atoms with Crippen LogP contribution >= 0.6 is 15.9 Å². The molecule has 3 heteroatoms. The molecule has 0 saturated heterocycles. The average Bonchev–Trinajstić information content (AvgIpc) is 1.94. The second kappa shape index (κ2) is 3.16. The summed E-state index contributed by atoms with van der Waals surface area (Å²) in [4.78, 5) is 0.320. The SMILES string of the molecule is FC1(F)CCCC(Br)CC1. The molecule has 1 atom stereocenters. The zero-order chi connectivity index (χ0) is 7.61. The summed E-state index contributed by atoms with van der Waals surface area (Å²) in [5, 5.41) is 0. The third-order valence-electron chi connectivity index (χ3n) is 1.88. The van der Waals surface area contributed by atoms with E-state index in [1.165, 1.54) is 0 Å². The Labute approximate surface area is 68.1 Å². The predicted octanol–water partition coefficient (Wildman–Crippen LogP) is 3.35. The van der Waals surface area contributed by atoms with Gasteiger partial charge in [0.05, 0.1) is 0 Å². The highest BCUT2D eigenvalue weighted by molar-refractivity contribution is 9.09. The molecule has 0 aromatic heterocycles. The van der Waals surface area contributed by atoms with E-state index in [-0.39, 0.29) is 12.8 Å². The second-order valence-corrected chi connectivity index (χ2v) is 4.18. The molecule has 1 rings (SSSR count). The zero-order valence-corrected chi connectivity index (χ0v) is 7.33. The lowest BCUT2D eigenvalue weighted by Gasteiger charge is -2.11. The van der Waals surface area contributed by atoms with Gasteiger partial charge in [0, 0.05) is 17.7 Å². The third-order valence-corrected chi connectivity index (χ3v) is 2.80. The van der Waals surface area contributed by atoms with Gasteiger partial charge in [0.2, 0.25) is 5.92 Å². The summed E-state index contributed by atoms with van der Waals surface area (Å²) in [5.74, 6) is -2.39. The molecular formula is C7H11BrF2. The van der Waals surface area contributed by atoms with E-state index in [2.05, 4.69) is 15.9 Å². The van der Waals surface area contributed by atoms with Crippen molar-refractivity contribution in [3.63, 3.8) is 0 Å². The van der Waals surface area contributed by atoms with E-state index < -0.39 is 5.92 Å². The summed E-state index contributed by atoms with van der Waals surface area (Å²) in [6.07, 6.45) is 2.31. The molecule has 1 aliphatic carbocycles. The van der Waals surface area contributed by atoms with E-state index in [0.29, 0.717) is 17.7 Å². The first-order valence-corrected chi connectivity index (χ1v) is 4.54. The van der Waals surface area contributed by atoms with Gasteiger partial charge in [-0.25, -0.2) is 8.78 Å². The van der Waals surface area contributed by atoms with Crippen LogP contribution in [-0.2, 0) is 0 Å². The lowest BCUT2D eigenvalue weighted by atomic mass is 10.1. The molecule has 0 amide bonds. The molecule has 0 N–H and O–H groups in total. The van der Waals surface area contributed by atoms with E-state index in [9.17, 15) is 8.78 Å². The molecule has 0 aromatic rings. The summed E-state index contributed by atoms with van der Waals surface area (Å²) in [5.41, 5.74) is 0. The first-order chi connectivity index (χ1) is 4.60. The third kappa shape index (κ3) is 2.52. The highest BCUT2D eigenvalue weighted by atomic mass is 79.9. The Morgan fingerprint density at radius 2 is 1.90 bits per heavy atom. The fourth-order valence-corrected chi connectivity index (χ4v) is 1.77. The Bertz CT molecular complexity index is 114. The monoisotopic (exact) mass is 212 g/mol. The second-order valence-electron chi connectivity index (χ2n) is 2.88. The van der Waals surface area contributed by atoms with E-state index >= 15 is 0 Å². The Morgan fingerprint density at radius 3 is 2.60 bits per heavy atom. The molecule has 60 valence electrons. The van der Waals surface area contributed by atoms with E-state index in [4.69, 9.17) is 0 Å². The smallest absolute Gasteiger partial charge is 0.207 e. The van der Waals surface area contributed by atoms with Crippen molar-refractivity contribution >= 4 is 15.9 Å². The maximum absolute atomic E-state index is 12.6. The van der Waals surface area contributed by atoms with Gasteiger partial charge in [0.15, 0.2) is 0 Å². The van der Waals surface area contributed by atoms with Gasteiger partial charge in [-0.15, -0.1) is 0 Å². The van der Waals surface area contributed by atoms with Crippen molar-refractivity contribution in [3.05, 3.63) is 0 Å². The lowest BCUT2D eigenvalue weighted by molar-refractivity contribution is -0.0136. The minimum atomic E-state index is -2.39. The Morgan fingerprint density at radius 1 is 1.20 bits per heavy atom. The standard InChI is InChI=1S/C7H11BrF2/c8-6-2-1-4-7(9,10)5-3-6/h6H,1-5H2. The molecule has 0 heterocycles. The average molecular weight is 213 g/mol. The summed E-state index contributed by atoms with van der Waals surface area (Å²) >= 11 is 3.36. The van der Waals surface area contributed by atoms with Gasteiger partial charge in [-0.05, 0) is 19.3 Å². The summed E-state index contributed by atoms with van der Waals surface area (Å²) in [6.45, 7) is 0. The zero-order valence-electron chi connectivity index (χ0n) is 5.75. The molecule has 0 aliphatic heterocycles. The quantitative estimate of drug-likeness (QED) is 0.427. The number of alkyl halides is 3. The first-order valence-electron chi connectivity index (χ1n) is 3.62.